The van der Waals surface area contributed by atoms with E-state index in [4.69, 9.17) is 5.11 Å². The highest BCUT2D eigenvalue weighted by Gasteiger charge is 2.24. The van der Waals surface area contributed by atoms with Gasteiger partial charge in [0.1, 0.15) is 0 Å². The standard InChI is InChI=1S/C9H13BrOS/c1-6-4-7(10)8(12-6)9(2,3)5-11/h4,11H,5H2,1-3H3. The van der Waals surface area contributed by atoms with Gasteiger partial charge in [-0.3, -0.25) is 0 Å². The van der Waals surface area contributed by atoms with Crippen molar-refractivity contribution in [1.82, 2.24) is 0 Å². The maximum Gasteiger partial charge on any atom is 0.0530 e. The van der Waals surface area contributed by atoms with Crippen LogP contribution in [-0.4, -0.2) is 11.7 Å². The molecule has 1 nitrogen and oxygen atoms in total. The van der Waals surface area contributed by atoms with Crippen LogP contribution in [0, 0.1) is 6.92 Å². The van der Waals surface area contributed by atoms with E-state index in [0.717, 1.165) is 4.47 Å². The molecule has 0 spiro atoms. The highest BCUT2D eigenvalue weighted by atomic mass is 79.9. The molecule has 0 aliphatic rings. The van der Waals surface area contributed by atoms with Crippen LogP contribution in [0.25, 0.3) is 0 Å². The minimum Gasteiger partial charge on any atom is -0.395 e. The predicted molar refractivity (Wildman–Crippen MR) is 56.9 cm³/mol. The van der Waals surface area contributed by atoms with E-state index in [0.29, 0.717) is 0 Å². The molecule has 0 fully saturated rings. The Balaban J connectivity index is 3.09. The second-order valence-electron chi connectivity index (χ2n) is 3.58. The van der Waals surface area contributed by atoms with Crippen LogP contribution in [0.2, 0.25) is 0 Å². The van der Waals surface area contributed by atoms with Crippen molar-refractivity contribution in [1.29, 1.82) is 0 Å². The lowest BCUT2D eigenvalue weighted by Crippen LogP contribution is -2.20. The number of thiophene rings is 1. The lowest BCUT2D eigenvalue weighted by atomic mass is 9.93. The van der Waals surface area contributed by atoms with E-state index >= 15 is 0 Å². The van der Waals surface area contributed by atoms with E-state index in [1.54, 1.807) is 11.3 Å². The summed E-state index contributed by atoms with van der Waals surface area (Å²) in [7, 11) is 0. The third-order valence-electron chi connectivity index (χ3n) is 1.82. The normalized spacial score (nSPS) is 12.1. The van der Waals surface area contributed by atoms with E-state index in [1.807, 2.05) is 13.8 Å². The Bertz CT molecular complexity index is 278. The predicted octanol–water partition coefficient (Wildman–Crippen LogP) is 3.09. The summed E-state index contributed by atoms with van der Waals surface area (Å²) in [4.78, 5) is 2.50. The Kier molecular flexibility index (Phi) is 2.97. The first-order chi connectivity index (χ1) is 5.47. The minimum atomic E-state index is -0.127. The summed E-state index contributed by atoms with van der Waals surface area (Å²) >= 11 is 5.23. The lowest BCUT2D eigenvalue weighted by molar-refractivity contribution is 0.220. The summed E-state index contributed by atoms with van der Waals surface area (Å²) in [5.41, 5.74) is -0.127. The second kappa shape index (κ2) is 3.48. The smallest absolute Gasteiger partial charge is 0.0530 e. The zero-order chi connectivity index (χ0) is 9.35. The van der Waals surface area contributed by atoms with Gasteiger partial charge in [0.05, 0.1) is 6.61 Å². The van der Waals surface area contributed by atoms with Crippen LogP contribution in [0.4, 0.5) is 0 Å². The zero-order valence-electron chi connectivity index (χ0n) is 7.52. The number of hydrogen-bond donors (Lipinski definition) is 1. The summed E-state index contributed by atoms with van der Waals surface area (Å²) in [5, 5.41) is 9.17. The first-order valence-corrected chi connectivity index (χ1v) is 5.45. The molecule has 3 heteroatoms. The maximum absolute atomic E-state index is 9.17. The van der Waals surface area contributed by atoms with Gasteiger partial charge in [0.15, 0.2) is 0 Å². The van der Waals surface area contributed by atoms with Gasteiger partial charge in [-0.1, -0.05) is 13.8 Å². The molecule has 0 bridgehead atoms. The highest BCUT2D eigenvalue weighted by molar-refractivity contribution is 9.10. The average molecular weight is 249 g/mol. The van der Waals surface area contributed by atoms with E-state index in [9.17, 15) is 0 Å². The number of aliphatic hydroxyl groups is 1. The molecule has 0 aliphatic carbocycles. The zero-order valence-corrected chi connectivity index (χ0v) is 9.92. The van der Waals surface area contributed by atoms with Crippen molar-refractivity contribution in [2.24, 2.45) is 0 Å². The van der Waals surface area contributed by atoms with Crippen LogP contribution in [0.15, 0.2) is 10.5 Å². The summed E-state index contributed by atoms with van der Waals surface area (Å²) < 4.78 is 1.11. The van der Waals surface area contributed by atoms with Gasteiger partial charge in [0, 0.05) is 19.6 Å². The van der Waals surface area contributed by atoms with Crippen molar-refractivity contribution in [2.45, 2.75) is 26.2 Å². The molecule has 1 rings (SSSR count). The molecule has 0 saturated heterocycles. The van der Waals surface area contributed by atoms with Crippen molar-refractivity contribution < 1.29 is 5.11 Å². The molecule has 0 aliphatic heterocycles. The van der Waals surface area contributed by atoms with Gasteiger partial charge < -0.3 is 5.11 Å². The number of rotatable bonds is 2. The fraction of sp³-hybridized carbons (Fsp3) is 0.556. The van der Waals surface area contributed by atoms with E-state index in [1.165, 1.54) is 9.75 Å². The topological polar surface area (TPSA) is 20.2 Å². The Morgan fingerprint density at radius 3 is 2.50 bits per heavy atom. The molecule has 0 amide bonds. The molecule has 68 valence electrons. The second-order valence-corrected chi connectivity index (χ2v) is 5.69. The van der Waals surface area contributed by atoms with Crippen LogP contribution in [0.3, 0.4) is 0 Å². The van der Waals surface area contributed by atoms with Gasteiger partial charge >= 0.3 is 0 Å². The fourth-order valence-electron chi connectivity index (χ4n) is 1.02. The molecule has 0 unspecified atom stereocenters. The third kappa shape index (κ3) is 1.90. The molecule has 0 aromatic carbocycles. The summed E-state index contributed by atoms with van der Waals surface area (Å²) in [6.07, 6.45) is 0. The quantitative estimate of drug-likeness (QED) is 0.853. The number of aryl methyl sites for hydroxylation is 1. The van der Waals surface area contributed by atoms with Gasteiger partial charge in [-0.15, -0.1) is 11.3 Å². The van der Waals surface area contributed by atoms with Gasteiger partial charge in [-0.05, 0) is 28.9 Å². The average Bonchev–Trinajstić information content (AvgIpc) is 2.31. The fourth-order valence-corrected chi connectivity index (χ4v) is 3.29. The molecule has 0 atom stereocenters. The molecule has 0 radical (unpaired) electrons. The van der Waals surface area contributed by atoms with Crippen molar-refractivity contribution in [2.75, 3.05) is 6.61 Å². The maximum atomic E-state index is 9.17. The Morgan fingerprint density at radius 2 is 2.17 bits per heavy atom. The number of aliphatic hydroxyl groups excluding tert-OH is 1. The molecular formula is C9H13BrOS. The van der Waals surface area contributed by atoms with Crippen molar-refractivity contribution in [3.8, 4) is 0 Å². The van der Waals surface area contributed by atoms with Crippen LogP contribution in [0.5, 0.6) is 0 Å². The van der Waals surface area contributed by atoms with E-state index < -0.39 is 0 Å². The van der Waals surface area contributed by atoms with Crippen LogP contribution in [-0.2, 0) is 5.41 Å². The van der Waals surface area contributed by atoms with Crippen LogP contribution < -0.4 is 0 Å². The third-order valence-corrected chi connectivity index (χ3v) is 4.12. The highest BCUT2D eigenvalue weighted by Crippen LogP contribution is 2.36. The Hall–Kier alpha value is 0.140. The Morgan fingerprint density at radius 1 is 1.58 bits per heavy atom. The summed E-state index contributed by atoms with van der Waals surface area (Å²) in [6, 6.07) is 2.09. The minimum absolute atomic E-state index is 0.127. The number of halogens is 1. The molecule has 1 aromatic rings. The van der Waals surface area contributed by atoms with Crippen LogP contribution in [0.1, 0.15) is 23.6 Å². The molecule has 1 aromatic heterocycles. The van der Waals surface area contributed by atoms with E-state index in [-0.39, 0.29) is 12.0 Å². The monoisotopic (exact) mass is 248 g/mol. The summed E-state index contributed by atoms with van der Waals surface area (Å²) in [6.45, 7) is 6.35. The number of hydrogen-bond acceptors (Lipinski definition) is 2. The molecule has 1 heterocycles. The van der Waals surface area contributed by atoms with Crippen molar-refractivity contribution in [3.05, 3.63) is 20.3 Å². The molecular weight excluding hydrogens is 236 g/mol. The lowest BCUT2D eigenvalue weighted by Gasteiger charge is -2.20. The van der Waals surface area contributed by atoms with Gasteiger partial charge in [-0.2, -0.15) is 0 Å². The Labute approximate surface area is 85.6 Å². The van der Waals surface area contributed by atoms with Crippen LogP contribution >= 0.6 is 27.3 Å². The van der Waals surface area contributed by atoms with Crippen molar-refractivity contribution >= 4 is 27.3 Å². The largest absolute Gasteiger partial charge is 0.395 e. The molecule has 1 N–H and O–H groups in total. The van der Waals surface area contributed by atoms with Crippen molar-refractivity contribution in [3.63, 3.8) is 0 Å². The van der Waals surface area contributed by atoms with Gasteiger partial charge in [0.25, 0.3) is 0 Å². The SMILES string of the molecule is Cc1cc(Br)c(C(C)(C)CO)s1. The molecule has 12 heavy (non-hydrogen) atoms. The van der Waals surface area contributed by atoms with Gasteiger partial charge in [-0.25, -0.2) is 0 Å². The van der Waals surface area contributed by atoms with E-state index in [2.05, 4.69) is 28.9 Å². The summed E-state index contributed by atoms with van der Waals surface area (Å²) in [5.74, 6) is 0. The first-order valence-electron chi connectivity index (χ1n) is 3.84. The molecule has 0 saturated carbocycles. The first kappa shape index (κ1) is 10.2. The van der Waals surface area contributed by atoms with Gasteiger partial charge in [0.2, 0.25) is 0 Å².